The first-order valence-corrected chi connectivity index (χ1v) is 20.0. The van der Waals surface area contributed by atoms with Gasteiger partial charge >= 0.3 is 0 Å². The molecule has 0 unspecified atom stereocenters. The van der Waals surface area contributed by atoms with E-state index >= 15 is 0 Å². The Kier molecular flexibility index (Phi) is 17.2. The molecule has 0 aliphatic rings. The SMILES string of the molecule is [2H]C(C)(C)C.[2H]C(C)(C)C(C)C.[2H]C(C)(CC)CC.[2H]C([2H])(C)C.[2H]C([2H])(C)C(C)(C)C.[2H]C([2H])(C)C(C)C.[2H]C([2H])([2H])C(C([2H])([2H])[2H])(C([2H])([2H])[2H])C([2H])([2H])C.[2H]C([2H])([2H])C(C)(C([2H])([2H])[2H])C([2H])([2H])C.[2H]C([2H])([2H])C(C)(C([2H])([2H])[2H])C([2H])([2H])[2H].[2H]C([2H])([2H])C(C)(C)C([2H])([2H])C.[2H]C([2H])([2H])C([2H])([2H])C(C)(C([2H])([2H])[2H])C([2H])([2H])C([2H])([2H])[2H]. The lowest BCUT2D eigenvalue weighted by Crippen LogP contribution is -2.05. The Hall–Kier alpha value is 0. The van der Waals surface area contributed by atoms with Crippen molar-refractivity contribution >= 4 is 0 Å². The molecule has 0 aromatic heterocycles. The zero-order chi connectivity index (χ0) is 99.1. The Morgan fingerprint density at radius 1 is 0.417 bits per heavy atom. The molecular formula is C60H142. The Balaban J connectivity index is -0.000000118. The molecular weight excluding hydrogens is 721 g/mol. The maximum atomic E-state index is 7.58. The highest BCUT2D eigenvalue weighted by molar-refractivity contribution is 4.62. The summed E-state index contributed by atoms with van der Waals surface area (Å²) in [5.41, 5.74) is -13.2. The highest BCUT2D eigenvalue weighted by atomic mass is 14.2. The van der Waals surface area contributed by atoms with Crippen molar-refractivity contribution in [3.63, 3.8) is 0 Å². The topological polar surface area (TPSA) is 0 Å². The van der Waals surface area contributed by atoms with Gasteiger partial charge < -0.3 is 0 Å². The molecule has 0 aliphatic carbocycles. The van der Waals surface area contributed by atoms with Crippen LogP contribution in [0.3, 0.4) is 0 Å². The lowest BCUT2D eigenvalue weighted by atomic mass is 9.88. The second kappa shape index (κ2) is 53.3. The van der Waals surface area contributed by atoms with Crippen LogP contribution >= 0.6 is 0 Å². The quantitative estimate of drug-likeness (QED) is 0.249. The maximum Gasteiger partial charge on any atom is 0.0300 e. The third-order valence-corrected chi connectivity index (χ3v) is 5.69. The number of rotatable bonds is 6. The summed E-state index contributed by atoms with van der Waals surface area (Å²) in [6, 6.07) is 0. The van der Waals surface area contributed by atoms with E-state index in [0.717, 1.165) is 33.6 Å². The van der Waals surface area contributed by atoms with Crippen molar-refractivity contribution in [1.82, 2.24) is 0 Å². The second-order valence-corrected chi connectivity index (χ2v) is 16.6. The summed E-state index contributed by atoms with van der Waals surface area (Å²) < 4.78 is 394. The van der Waals surface area contributed by atoms with Crippen molar-refractivity contribution in [1.29, 1.82) is 0 Å². The standard InChI is InChI=1S/C7H16.6C6H14.2C5H12.C4H10.C3H8/c1-5-7(3,4)6-2;4*1-5-6(2,3)4;1-5(2)6(3)4;1-4-6(3)5-2;1-5(2,3)4;1-4-5(2)3;1-4(2)3;1-3-2/h5-6H2,1-4H3;4*5H2,1-4H3;5-6H,1-4H3;6H,4-5H2,1-3H3;1-4H3;5H,4H2,1-3H3;4H,1-3H3;3H2,1-2H3/i1D3,2D3,3D3,5D2,6D2;2D3,3D3,4D3,5D2;2D3,3D3,5D2;2D3,5D2;5D2;5D;6D;1D3,2D3,3D3;4D2;4D;3D2. The van der Waals surface area contributed by atoms with Crippen molar-refractivity contribution in [2.75, 3.05) is 0 Å². The van der Waals surface area contributed by atoms with Crippen molar-refractivity contribution in [3.8, 4) is 0 Å². The zero-order valence-electron chi connectivity index (χ0n) is 99.1. The van der Waals surface area contributed by atoms with Crippen LogP contribution in [0, 0.1) is 62.0 Å². The summed E-state index contributed by atoms with van der Waals surface area (Å²) in [6.07, 6.45) is -15.2. The molecule has 0 radical (unpaired) electrons. The summed E-state index contributed by atoms with van der Waals surface area (Å²) in [7, 11) is 0. The Bertz CT molecular complexity index is 2330. The smallest absolute Gasteiger partial charge is 0.0300 e. The first-order valence-electron chi connectivity index (χ1n) is 47.5. The monoisotopic (exact) mass is 918 g/mol. The molecule has 0 heteroatoms. The van der Waals surface area contributed by atoms with Gasteiger partial charge in [-0.2, -0.15) is 0 Å². The molecule has 0 amide bonds. The fourth-order valence-electron chi connectivity index (χ4n) is 0.281. The predicted octanol–water partition coefficient (Wildman–Crippen LogP) is 24.5. The van der Waals surface area contributed by atoms with E-state index in [1.165, 1.54) is 34.6 Å². The molecule has 0 nitrogen and oxygen atoms in total. The number of hydrogen-bond acceptors (Lipinski definition) is 0. The van der Waals surface area contributed by atoms with E-state index in [9.17, 15) is 0 Å². The minimum atomic E-state index is -3.58. The van der Waals surface area contributed by atoms with Crippen LogP contribution in [-0.2, 0) is 0 Å². The summed E-state index contributed by atoms with van der Waals surface area (Å²) >= 11 is 0. The molecule has 382 valence electrons. The lowest BCUT2D eigenvalue weighted by Gasteiger charge is -2.18. The predicted molar refractivity (Wildman–Crippen MR) is 300 cm³/mol. The van der Waals surface area contributed by atoms with Gasteiger partial charge in [0.15, 0.2) is 0 Å². The first-order chi connectivity index (χ1) is 47.5. The van der Waals surface area contributed by atoms with Crippen LogP contribution in [0.5, 0.6) is 0 Å². The van der Waals surface area contributed by atoms with Crippen LogP contribution in [0.4, 0.5) is 0 Å². The Labute approximate surface area is 472 Å². The molecule has 0 aromatic carbocycles. The molecule has 0 N–H and O–H groups in total. The lowest BCUT2D eigenvalue weighted by molar-refractivity contribution is 0.338. The van der Waals surface area contributed by atoms with E-state index in [1.807, 2.05) is 76.2 Å². The van der Waals surface area contributed by atoms with Crippen LogP contribution in [0.1, 0.15) is 408 Å². The van der Waals surface area contributed by atoms with Crippen LogP contribution in [-0.4, -0.2) is 0 Å². The molecule has 0 fully saturated rings. The fourth-order valence-corrected chi connectivity index (χ4v) is 0.281. The molecule has 0 atom stereocenters. The van der Waals surface area contributed by atoms with Gasteiger partial charge in [0.05, 0.1) is 0 Å². The Morgan fingerprint density at radius 2 is 0.667 bits per heavy atom. The van der Waals surface area contributed by atoms with Crippen molar-refractivity contribution in [2.24, 2.45) is 62.0 Å². The van der Waals surface area contributed by atoms with E-state index in [1.54, 1.807) is 13.8 Å². The summed E-state index contributed by atoms with van der Waals surface area (Å²) in [4.78, 5) is 0. The van der Waals surface area contributed by atoms with Gasteiger partial charge in [-0.1, -0.05) is 333 Å². The minimum Gasteiger partial charge on any atom is -0.0656 e. The molecule has 0 heterocycles. The van der Waals surface area contributed by atoms with E-state index in [-0.39, 0.29) is 29.0 Å². The van der Waals surface area contributed by atoms with Crippen LogP contribution < -0.4 is 0 Å². The molecule has 0 aromatic rings. The van der Waals surface area contributed by atoms with E-state index in [0.29, 0.717) is 19.8 Å². The summed E-state index contributed by atoms with van der Waals surface area (Å²) in [5, 5.41) is 0. The van der Waals surface area contributed by atoms with Crippen molar-refractivity contribution in [2.45, 2.75) is 333 Å². The average molecular weight is 919 g/mol. The minimum absolute atomic E-state index is 0.132. The van der Waals surface area contributed by atoms with E-state index in [4.69, 9.17) is 75.4 Å². The fraction of sp³-hybridized carbons (Fsp3) is 1.00. The van der Waals surface area contributed by atoms with Crippen molar-refractivity contribution < 1.29 is 75.4 Å². The first kappa shape index (κ1) is 19.3. The molecule has 0 rings (SSSR count). The molecule has 0 saturated heterocycles. The largest absolute Gasteiger partial charge is 0.0656 e. The molecule has 0 spiro atoms. The second-order valence-electron chi connectivity index (χ2n) is 16.6. The summed E-state index contributed by atoms with van der Waals surface area (Å²) in [6.45, 7) is 5.17. The summed E-state index contributed by atoms with van der Waals surface area (Å²) in [5.74, 6) is -0.0694. The Morgan fingerprint density at radius 3 is 0.700 bits per heavy atom. The van der Waals surface area contributed by atoms with Gasteiger partial charge in [-0.15, -0.1) is 0 Å². The average Bonchev–Trinajstić information content (AvgIpc) is 0.704. The molecule has 0 aliphatic heterocycles. The molecule has 0 saturated carbocycles. The third kappa shape index (κ3) is 240. The van der Waals surface area contributed by atoms with E-state index < -0.39 is 160 Å². The highest BCUT2D eigenvalue weighted by Gasteiger charge is 2.10. The molecule has 60 heavy (non-hydrogen) atoms. The van der Waals surface area contributed by atoms with Gasteiger partial charge in [0.1, 0.15) is 0 Å². The third-order valence-electron chi connectivity index (χ3n) is 5.69. The van der Waals surface area contributed by atoms with Crippen LogP contribution in [0.25, 0.3) is 0 Å². The van der Waals surface area contributed by atoms with Gasteiger partial charge in [-0.25, -0.2) is 0 Å². The van der Waals surface area contributed by atoms with Crippen molar-refractivity contribution in [3.05, 3.63) is 0 Å². The molecule has 0 bridgehead atoms. The van der Waals surface area contributed by atoms with Gasteiger partial charge in [-0.05, 0) is 62.0 Å². The highest BCUT2D eigenvalue weighted by Crippen LogP contribution is 2.23. The van der Waals surface area contributed by atoms with E-state index in [2.05, 4.69) is 27.7 Å². The van der Waals surface area contributed by atoms with Gasteiger partial charge in [0.25, 0.3) is 0 Å². The normalized spacial score (nSPS) is 29.5. The van der Waals surface area contributed by atoms with Crippen LogP contribution in [0.2, 0.25) is 0 Å². The van der Waals surface area contributed by atoms with Gasteiger partial charge in [-0.3, -0.25) is 0 Å². The number of hydrogen-bond donors (Lipinski definition) is 0. The van der Waals surface area contributed by atoms with Gasteiger partial charge in [0.2, 0.25) is 0 Å². The maximum absolute atomic E-state index is 7.58. The van der Waals surface area contributed by atoms with Crippen LogP contribution in [0.15, 0.2) is 0 Å². The zero-order valence-corrected chi connectivity index (χ0v) is 44.1. The van der Waals surface area contributed by atoms with Gasteiger partial charge in [0, 0.05) is 75.4 Å².